The van der Waals surface area contributed by atoms with Gasteiger partial charge < -0.3 is 24.9 Å². The van der Waals surface area contributed by atoms with E-state index in [0.29, 0.717) is 48.4 Å². The number of nitrogens with two attached hydrogens (primary N) is 1. The molecule has 3 aromatic rings. The molecule has 0 spiro atoms. The number of aliphatic hydroxyl groups is 1. The molecule has 0 aliphatic carbocycles. The van der Waals surface area contributed by atoms with E-state index >= 15 is 0 Å². The summed E-state index contributed by atoms with van der Waals surface area (Å²) in [6.07, 6.45) is 2.94. The SMILES string of the molecule is CCCCOc1nc(N)c2c(n1)c(C(O)c1ccc(CN3CCN(C(C)C)CC3)cc1)cn2COCC[Si](C)(C)C. The second kappa shape index (κ2) is 14.1. The molecule has 226 valence electrons. The highest BCUT2D eigenvalue weighted by molar-refractivity contribution is 6.76. The first-order valence-electron chi connectivity index (χ1n) is 15.2. The van der Waals surface area contributed by atoms with Crippen LogP contribution < -0.4 is 10.5 Å². The van der Waals surface area contributed by atoms with Crippen LogP contribution in [0.25, 0.3) is 11.0 Å². The summed E-state index contributed by atoms with van der Waals surface area (Å²) in [5, 5.41) is 11.6. The minimum atomic E-state index is -1.21. The van der Waals surface area contributed by atoms with E-state index in [-0.39, 0.29) is 6.01 Å². The van der Waals surface area contributed by atoms with Gasteiger partial charge in [-0.15, -0.1) is 0 Å². The Morgan fingerprint density at radius 2 is 1.73 bits per heavy atom. The number of fused-ring (bicyclic) bond motifs is 1. The molecular weight excluding hydrogens is 532 g/mol. The molecule has 1 aliphatic heterocycles. The van der Waals surface area contributed by atoms with Crippen molar-refractivity contribution >= 4 is 24.9 Å². The minimum Gasteiger partial charge on any atom is -0.463 e. The number of hydrogen-bond acceptors (Lipinski definition) is 8. The third kappa shape index (κ3) is 8.51. The van der Waals surface area contributed by atoms with Gasteiger partial charge in [-0.25, -0.2) is 0 Å². The summed E-state index contributed by atoms with van der Waals surface area (Å²) in [6, 6.07) is 10.2. The van der Waals surface area contributed by atoms with Gasteiger partial charge in [0.25, 0.3) is 0 Å². The van der Waals surface area contributed by atoms with E-state index in [2.05, 4.69) is 67.3 Å². The number of ether oxygens (including phenoxy) is 2. The second-order valence-electron chi connectivity index (χ2n) is 12.7. The van der Waals surface area contributed by atoms with Crippen LogP contribution in [-0.4, -0.2) is 82.9 Å². The lowest BCUT2D eigenvalue weighted by Gasteiger charge is -2.37. The molecule has 2 aromatic heterocycles. The number of nitrogens with zero attached hydrogens (tertiary/aromatic N) is 5. The number of rotatable bonds is 14. The van der Waals surface area contributed by atoms with Crippen LogP contribution in [0.4, 0.5) is 5.82 Å². The summed E-state index contributed by atoms with van der Waals surface area (Å²) >= 11 is 0. The number of piperazine rings is 1. The third-order valence-corrected chi connectivity index (χ3v) is 9.54. The van der Waals surface area contributed by atoms with E-state index in [1.54, 1.807) is 0 Å². The Bertz CT molecular complexity index is 1250. The van der Waals surface area contributed by atoms with Crippen LogP contribution in [0.1, 0.15) is 56.4 Å². The van der Waals surface area contributed by atoms with Crippen molar-refractivity contribution in [3.05, 3.63) is 47.2 Å². The van der Waals surface area contributed by atoms with Crippen molar-refractivity contribution < 1.29 is 14.6 Å². The first kappa shape index (κ1) is 31.4. The van der Waals surface area contributed by atoms with Crippen LogP contribution >= 0.6 is 0 Å². The Hall–Kier alpha value is -2.50. The highest BCUT2D eigenvalue weighted by Gasteiger charge is 2.23. The van der Waals surface area contributed by atoms with Gasteiger partial charge in [-0.1, -0.05) is 57.3 Å². The molecule has 1 unspecified atom stereocenters. The maximum atomic E-state index is 11.6. The second-order valence-corrected chi connectivity index (χ2v) is 18.4. The number of anilines is 1. The van der Waals surface area contributed by atoms with E-state index in [9.17, 15) is 5.11 Å². The Labute approximate surface area is 246 Å². The molecule has 0 radical (unpaired) electrons. The number of unbranched alkanes of at least 4 members (excludes halogenated alkanes) is 1. The quantitative estimate of drug-likeness (QED) is 0.200. The highest BCUT2D eigenvalue weighted by Crippen LogP contribution is 2.33. The number of benzene rings is 1. The van der Waals surface area contributed by atoms with E-state index in [0.717, 1.165) is 57.2 Å². The zero-order valence-corrected chi connectivity index (χ0v) is 26.9. The lowest BCUT2D eigenvalue weighted by molar-refractivity contribution is 0.0899. The average molecular weight is 583 g/mol. The van der Waals surface area contributed by atoms with Gasteiger partial charge in [0.05, 0.1) is 6.61 Å². The number of aliphatic hydroxyl groups excluding tert-OH is 1. The molecule has 0 bridgehead atoms. The molecule has 1 aliphatic rings. The fourth-order valence-corrected chi connectivity index (χ4v) is 5.88. The fourth-order valence-electron chi connectivity index (χ4n) is 5.13. The number of nitrogen functional groups attached to an aromatic ring is 1. The van der Waals surface area contributed by atoms with Crippen molar-refractivity contribution in [1.82, 2.24) is 24.3 Å². The molecule has 1 saturated heterocycles. The molecule has 3 N–H and O–H groups in total. The molecule has 41 heavy (non-hydrogen) atoms. The fraction of sp³-hybridized carbons (Fsp3) is 0.613. The van der Waals surface area contributed by atoms with Crippen LogP contribution in [0, 0.1) is 0 Å². The van der Waals surface area contributed by atoms with Crippen LogP contribution in [-0.2, 0) is 18.0 Å². The highest BCUT2D eigenvalue weighted by atomic mass is 28.3. The maximum absolute atomic E-state index is 11.6. The molecule has 1 fully saturated rings. The van der Waals surface area contributed by atoms with Gasteiger partial charge in [0.15, 0.2) is 5.82 Å². The van der Waals surface area contributed by atoms with Gasteiger partial charge >= 0.3 is 6.01 Å². The Kier molecular flexibility index (Phi) is 10.8. The summed E-state index contributed by atoms with van der Waals surface area (Å²) in [5.74, 6) is 0.321. The van der Waals surface area contributed by atoms with Gasteiger partial charge in [0.1, 0.15) is 23.9 Å². The van der Waals surface area contributed by atoms with Gasteiger partial charge in [0, 0.05) is 65.2 Å². The first-order chi connectivity index (χ1) is 19.6. The maximum Gasteiger partial charge on any atom is 0.319 e. The summed E-state index contributed by atoms with van der Waals surface area (Å²) in [4.78, 5) is 14.1. The van der Waals surface area contributed by atoms with Crippen molar-refractivity contribution in [2.24, 2.45) is 0 Å². The zero-order valence-electron chi connectivity index (χ0n) is 25.9. The van der Waals surface area contributed by atoms with Gasteiger partial charge in [-0.05, 0) is 37.4 Å². The zero-order chi connectivity index (χ0) is 29.6. The normalized spacial score (nSPS) is 16.1. The average Bonchev–Trinajstić information content (AvgIpc) is 3.30. The van der Waals surface area contributed by atoms with Gasteiger partial charge in [-0.3, -0.25) is 9.80 Å². The molecule has 9 nitrogen and oxygen atoms in total. The molecule has 0 amide bonds. The molecule has 10 heteroatoms. The van der Waals surface area contributed by atoms with Crippen molar-refractivity contribution in [1.29, 1.82) is 0 Å². The summed E-state index contributed by atoms with van der Waals surface area (Å²) in [7, 11) is -1.21. The summed E-state index contributed by atoms with van der Waals surface area (Å²) in [6.45, 7) is 20.4. The molecule has 3 heterocycles. The van der Waals surface area contributed by atoms with Crippen LogP contribution in [0.15, 0.2) is 30.5 Å². The van der Waals surface area contributed by atoms with Crippen LogP contribution in [0.2, 0.25) is 25.7 Å². The van der Waals surface area contributed by atoms with Crippen LogP contribution in [0.5, 0.6) is 6.01 Å². The van der Waals surface area contributed by atoms with Crippen molar-refractivity contribution in [3.8, 4) is 6.01 Å². The smallest absolute Gasteiger partial charge is 0.319 e. The molecular formula is C31H50N6O3Si. The summed E-state index contributed by atoms with van der Waals surface area (Å²) in [5.41, 5.74) is 10.4. The van der Waals surface area contributed by atoms with Gasteiger partial charge in [-0.2, -0.15) is 9.97 Å². The Morgan fingerprint density at radius 1 is 1.02 bits per heavy atom. The minimum absolute atomic E-state index is 0.238. The number of aromatic nitrogens is 3. The lowest BCUT2D eigenvalue weighted by Crippen LogP contribution is -2.48. The van der Waals surface area contributed by atoms with Crippen molar-refractivity contribution in [3.63, 3.8) is 0 Å². The molecule has 0 saturated carbocycles. The van der Waals surface area contributed by atoms with Crippen molar-refractivity contribution in [2.45, 2.75) is 84.7 Å². The van der Waals surface area contributed by atoms with E-state index in [4.69, 9.17) is 20.2 Å². The van der Waals surface area contributed by atoms with E-state index in [1.807, 2.05) is 22.9 Å². The van der Waals surface area contributed by atoms with Gasteiger partial charge in [0.2, 0.25) is 0 Å². The molecule has 1 atom stereocenters. The third-order valence-electron chi connectivity index (χ3n) is 7.84. The predicted octanol–water partition coefficient (Wildman–Crippen LogP) is 5.11. The number of hydrogen-bond donors (Lipinski definition) is 2. The Balaban J connectivity index is 1.53. The lowest BCUT2D eigenvalue weighted by atomic mass is 10.0. The largest absolute Gasteiger partial charge is 0.463 e. The monoisotopic (exact) mass is 582 g/mol. The Morgan fingerprint density at radius 3 is 2.37 bits per heavy atom. The standard InChI is InChI=1S/C31H50N6O3Si/c1-7-8-17-40-31-33-27-26(21-37(28(27)30(32)34-31)22-39-18-19-41(4,5)6)29(38)25-11-9-24(10-12-25)20-35-13-15-36(16-14-35)23(2)3/h9-12,21,23,29,38H,7-8,13-20,22H2,1-6H3,(H2,32,33,34). The van der Waals surface area contributed by atoms with E-state index < -0.39 is 14.2 Å². The molecule has 4 rings (SSSR count). The first-order valence-corrected chi connectivity index (χ1v) is 18.9. The molecule has 1 aromatic carbocycles. The van der Waals surface area contributed by atoms with E-state index in [1.165, 1.54) is 5.56 Å². The van der Waals surface area contributed by atoms with Crippen molar-refractivity contribution in [2.75, 3.05) is 45.1 Å². The predicted molar refractivity (Wildman–Crippen MR) is 169 cm³/mol. The van der Waals surface area contributed by atoms with Crippen LogP contribution in [0.3, 0.4) is 0 Å². The summed E-state index contributed by atoms with van der Waals surface area (Å²) < 4.78 is 13.8. The topological polar surface area (TPSA) is 102 Å².